The van der Waals surface area contributed by atoms with E-state index in [2.05, 4.69) is 4.98 Å². The number of alkyl halides is 3. The Morgan fingerprint density at radius 1 is 1.09 bits per heavy atom. The second-order valence-corrected chi connectivity index (χ2v) is 6.75. The molecule has 2 heterocycles. The molecule has 0 spiro atoms. The first-order valence-electron chi connectivity index (χ1n) is 9.54. The second-order valence-electron chi connectivity index (χ2n) is 6.75. The number of carbonyl (C=O) groups excluding carboxylic acids is 2. The molecule has 1 aromatic heterocycles. The van der Waals surface area contributed by atoms with Crippen molar-refractivity contribution in [3.63, 3.8) is 0 Å². The average molecular weight is 444 g/mol. The maximum absolute atomic E-state index is 12.6. The second kappa shape index (κ2) is 9.95. The highest BCUT2D eigenvalue weighted by Gasteiger charge is 2.32. The zero-order valence-electron chi connectivity index (χ0n) is 16.8. The molecular formula is C23H19F3N2O4. The Kier molecular flexibility index (Phi) is 7.09. The molecular weight excluding hydrogens is 425 g/mol. The molecule has 0 saturated heterocycles. The van der Waals surface area contributed by atoms with Gasteiger partial charge in [0.15, 0.2) is 5.78 Å². The number of benzene rings is 2. The summed E-state index contributed by atoms with van der Waals surface area (Å²) in [5.74, 6) is 0.477. The molecule has 1 aliphatic rings. The zero-order valence-corrected chi connectivity index (χ0v) is 16.8. The number of Topliss-reactive ketones (excluding diaryl/α,β-unsaturated/α-hetero) is 1. The fraction of sp³-hybridized carbons (Fsp3) is 0.174. The van der Waals surface area contributed by atoms with Crippen molar-refractivity contribution in [1.82, 2.24) is 4.98 Å². The summed E-state index contributed by atoms with van der Waals surface area (Å²) >= 11 is 0. The van der Waals surface area contributed by atoms with Crippen LogP contribution in [-0.2, 0) is 12.8 Å². The van der Waals surface area contributed by atoms with Crippen LogP contribution in [0.2, 0.25) is 0 Å². The first-order chi connectivity index (χ1) is 15.2. The molecule has 0 saturated carbocycles. The van der Waals surface area contributed by atoms with Gasteiger partial charge in [-0.2, -0.15) is 13.2 Å². The predicted molar refractivity (Wildman–Crippen MR) is 109 cm³/mol. The highest BCUT2D eigenvalue weighted by molar-refractivity contribution is 5.99. The number of aromatic nitrogens is 1. The molecule has 2 aromatic carbocycles. The Morgan fingerprint density at radius 2 is 1.84 bits per heavy atom. The fourth-order valence-corrected chi connectivity index (χ4v) is 2.82. The Morgan fingerprint density at radius 3 is 2.50 bits per heavy atom. The molecule has 0 fully saturated rings. The quantitative estimate of drug-likeness (QED) is 0.643. The number of nitrogens with zero attached hydrogens (tertiary/aromatic N) is 1. The van der Waals surface area contributed by atoms with E-state index in [4.69, 9.17) is 15.2 Å². The molecule has 2 N–H and O–H groups in total. The van der Waals surface area contributed by atoms with Crippen LogP contribution >= 0.6 is 0 Å². The van der Waals surface area contributed by atoms with Crippen molar-refractivity contribution in [2.45, 2.75) is 19.2 Å². The number of halogens is 3. The maximum atomic E-state index is 12.6. The molecule has 9 heteroatoms. The number of ketones is 1. The predicted octanol–water partition coefficient (Wildman–Crippen LogP) is 4.43. The molecule has 0 aliphatic carbocycles. The van der Waals surface area contributed by atoms with E-state index in [1.54, 1.807) is 42.5 Å². The largest absolute Gasteiger partial charge is 0.492 e. The molecule has 1 amide bonds. The van der Waals surface area contributed by atoms with Gasteiger partial charge >= 0.3 is 6.18 Å². The third-order valence-electron chi connectivity index (χ3n) is 4.42. The van der Waals surface area contributed by atoms with E-state index in [-0.39, 0.29) is 18.3 Å². The third kappa shape index (κ3) is 6.07. The number of carbonyl (C=O) groups is 2. The van der Waals surface area contributed by atoms with Crippen molar-refractivity contribution < 1.29 is 32.2 Å². The standard InChI is InChI=1S/C16H12F3NO3.C7H7NO/c17-16(18,19)15-7-10(3-5-20-15)9-23-11-1-2-12-13(21)4-6-22-14(12)8-11;8-7(9)6-4-2-1-3-5-6/h1-3,5,7-8H,4,6,9H2;1-5H,(H2,8,9). The van der Waals surface area contributed by atoms with Crippen LogP contribution in [0.5, 0.6) is 11.5 Å². The van der Waals surface area contributed by atoms with E-state index in [0.717, 1.165) is 12.3 Å². The Balaban J connectivity index is 0.000000269. The molecule has 32 heavy (non-hydrogen) atoms. The molecule has 0 radical (unpaired) electrons. The molecule has 6 nitrogen and oxygen atoms in total. The lowest BCUT2D eigenvalue weighted by molar-refractivity contribution is -0.141. The summed E-state index contributed by atoms with van der Waals surface area (Å²) in [4.78, 5) is 25.4. The van der Waals surface area contributed by atoms with Gasteiger partial charge in [0.2, 0.25) is 5.91 Å². The summed E-state index contributed by atoms with van der Waals surface area (Å²) in [5.41, 5.74) is 5.41. The minimum Gasteiger partial charge on any atom is -0.492 e. The molecule has 0 unspecified atom stereocenters. The van der Waals surface area contributed by atoms with E-state index in [0.29, 0.717) is 41.2 Å². The van der Waals surface area contributed by atoms with Crippen molar-refractivity contribution >= 4 is 11.7 Å². The Bertz CT molecular complexity index is 1100. The van der Waals surface area contributed by atoms with Crippen molar-refractivity contribution in [3.05, 3.63) is 89.2 Å². The van der Waals surface area contributed by atoms with Gasteiger partial charge in [-0.3, -0.25) is 14.6 Å². The maximum Gasteiger partial charge on any atom is 0.433 e. The summed E-state index contributed by atoms with van der Waals surface area (Å²) < 4.78 is 48.7. The number of fused-ring (bicyclic) bond motifs is 1. The minimum absolute atomic E-state index is 0.00162. The number of amides is 1. The molecule has 0 atom stereocenters. The summed E-state index contributed by atoms with van der Waals surface area (Å²) in [6.07, 6.45) is -3.06. The topological polar surface area (TPSA) is 91.5 Å². The SMILES string of the molecule is NC(=O)c1ccccc1.O=C1CCOc2cc(OCc3ccnc(C(F)(F)F)c3)ccc21. The number of hydrogen-bond acceptors (Lipinski definition) is 5. The summed E-state index contributed by atoms with van der Waals surface area (Å²) in [5, 5.41) is 0. The summed E-state index contributed by atoms with van der Waals surface area (Å²) in [7, 11) is 0. The number of rotatable bonds is 4. The third-order valence-corrected chi connectivity index (χ3v) is 4.42. The highest BCUT2D eigenvalue weighted by Crippen LogP contribution is 2.30. The molecule has 3 aromatic rings. The van der Waals surface area contributed by atoms with Crippen molar-refractivity contribution in [3.8, 4) is 11.5 Å². The van der Waals surface area contributed by atoms with Gasteiger partial charge in [-0.15, -0.1) is 0 Å². The molecule has 4 rings (SSSR count). The molecule has 1 aliphatic heterocycles. The number of pyridine rings is 1. The first kappa shape index (κ1) is 22.8. The minimum atomic E-state index is -4.49. The highest BCUT2D eigenvalue weighted by atomic mass is 19.4. The fourth-order valence-electron chi connectivity index (χ4n) is 2.82. The van der Waals surface area contributed by atoms with Crippen LogP contribution in [0.15, 0.2) is 66.9 Å². The van der Waals surface area contributed by atoms with Crippen LogP contribution < -0.4 is 15.2 Å². The van der Waals surface area contributed by atoms with Crippen molar-refractivity contribution in [1.29, 1.82) is 0 Å². The lowest BCUT2D eigenvalue weighted by Crippen LogP contribution is -2.15. The lowest BCUT2D eigenvalue weighted by atomic mass is 10.1. The van der Waals surface area contributed by atoms with Gasteiger partial charge < -0.3 is 15.2 Å². The Hall–Kier alpha value is -3.88. The van der Waals surface area contributed by atoms with Crippen LogP contribution in [0.25, 0.3) is 0 Å². The van der Waals surface area contributed by atoms with E-state index in [9.17, 15) is 22.8 Å². The van der Waals surface area contributed by atoms with Crippen LogP contribution in [0.1, 0.15) is 38.4 Å². The van der Waals surface area contributed by atoms with Crippen LogP contribution in [0.4, 0.5) is 13.2 Å². The van der Waals surface area contributed by atoms with Gasteiger partial charge in [0.1, 0.15) is 23.8 Å². The Labute approximate surface area is 181 Å². The van der Waals surface area contributed by atoms with Gasteiger partial charge in [0.25, 0.3) is 0 Å². The van der Waals surface area contributed by atoms with Crippen LogP contribution in [0.3, 0.4) is 0 Å². The van der Waals surface area contributed by atoms with E-state index in [1.807, 2.05) is 6.07 Å². The number of ether oxygens (including phenoxy) is 2. The number of nitrogens with two attached hydrogens (primary N) is 1. The van der Waals surface area contributed by atoms with Crippen molar-refractivity contribution in [2.24, 2.45) is 5.73 Å². The van der Waals surface area contributed by atoms with Gasteiger partial charge in [-0.1, -0.05) is 18.2 Å². The number of hydrogen-bond donors (Lipinski definition) is 1. The monoisotopic (exact) mass is 444 g/mol. The van der Waals surface area contributed by atoms with E-state index >= 15 is 0 Å². The van der Waals surface area contributed by atoms with E-state index in [1.165, 1.54) is 6.07 Å². The van der Waals surface area contributed by atoms with Gasteiger partial charge in [0, 0.05) is 24.2 Å². The summed E-state index contributed by atoms with van der Waals surface area (Å²) in [6.45, 7) is 0.271. The lowest BCUT2D eigenvalue weighted by Gasteiger charge is -2.17. The number of primary amides is 1. The normalized spacial score (nSPS) is 12.7. The van der Waals surface area contributed by atoms with E-state index < -0.39 is 11.9 Å². The zero-order chi connectivity index (χ0) is 23.1. The smallest absolute Gasteiger partial charge is 0.433 e. The van der Waals surface area contributed by atoms with Crippen LogP contribution in [-0.4, -0.2) is 23.3 Å². The molecule has 0 bridgehead atoms. The first-order valence-corrected chi connectivity index (χ1v) is 9.54. The average Bonchev–Trinajstić information content (AvgIpc) is 2.78. The van der Waals surface area contributed by atoms with Gasteiger partial charge in [0.05, 0.1) is 12.2 Å². The van der Waals surface area contributed by atoms with Gasteiger partial charge in [-0.05, 0) is 42.0 Å². The van der Waals surface area contributed by atoms with Crippen LogP contribution in [0, 0.1) is 0 Å². The summed E-state index contributed by atoms with van der Waals surface area (Å²) in [6, 6.07) is 15.9. The molecule has 166 valence electrons. The van der Waals surface area contributed by atoms with Gasteiger partial charge in [-0.25, -0.2) is 0 Å². The van der Waals surface area contributed by atoms with Crippen molar-refractivity contribution in [2.75, 3.05) is 6.61 Å².